The summed E-state index contributed by atoms with van der Waals surface area (Å²) in [5.74, 6) is -2.27. The van der Waals surface area contributed by atoms with E-state index >= 15 is 0 Å². The minimum Gasteiger partial charge on any atom is -0.504 e. The molecule has 0 saturated carbocycles. The van der Waals surface area contributed by atoms with Gasteiger partial charge in [-0.3, -0.25) is 14.4 Å². The van der Waals surface area contributed by atoms with Crippen LogP contribution in [0.5, 0.6) is 17.2 Å². The van der Waals surface area contributed by atoms with Crippen molar-refractivity contribution < 1.29 is 53.9 Å². The summed E-state index contributed by atoms with van der Waals surface area (Å²) in [4.78, 5) is 56.1. The zero-order valence-electron chi connectivity index (χ0n) is 25.9. The average Bonchev–Trinajstić information content (AvgIpc) is 3.01. The first-order valence-electron chi connectivity index (χ1n) is 14.4. The minimum absolute atomic E-state index is 0.0896. The molecular formula is C33H43NO11. The van der Waals surface area contributed by atoms with Crippen molar-refractivity contribution in [1.82, 2.24) is 4.90 Å². The summed E-state index contributed by atoms with van der Waals surface area (Å²) in [6.45, 7) is 8.36. The van der Waals surface area contributed by atoms with Crippen LogP contribution in [0.4, 0.5) is 0 Å². The van der Waals surface area contributed by atoms with Crippen molar-refractivity contribution in [3.8, 4) is 17.2 Å². The van der Waals surface area contributed by atoms with Crippen LogP contribution in [0.1, 0.15) is 57.6 Å². The maximum absolute atomic E-state index is 12.3. The number of carboxylic acids is 1. The predicted molar refractivity (Wildman–Crippen MR) is 165 cm³/mol. The number of rotatable bonds is 12. The molecular weight excluding hydrogens is 586 g/mol. The maximum Gasteiger partial charge on any atom is 0.341 e. The van der Waals surface area contributed by atoms with Gasteiger partial charge in [-0.05, 0) is 94.7 Å². The number of ether oxygens (including phenoxy) is 2. The Labute approximate surface area is 262 Å². The van der Waals surface area contributed by atoms with Gasteiger partial charge in [-0.25, -0.2) is 9.59 Å². The van der Waals surface area contributed by atoms with Crippen LogP contribution in [0, 0.1) is 5.41 Å². The second kappa shape index (κ2) is 19.4. The van der Waals surface area contributed by atoms with Gasteiger partial charge in [0.1, 0.15) is 12.4 Å². The van der Waals surface area contributed by atoms with Crippen LogP contribution < -0.4 is 4.74 Å². The molecule has 1 atom stereocenters. The van der Waals surface area contributed by atoms with Crippen LogP contribution in [0.15, 0.2) is 55.1 Å². The average molecular weight is 630 g/mol. The minimum atomic E-state index is -1.02. The van der Waals surface area contributed by atoms with Crippen LogP contribution in [0.3, 0.4) is 0 Å². The van der Waals surface area contributed by atoms with Gasteiger partial charge in [0.2, 0.25) is 5.78 Å². The molecule has 1 saturated heterocycles. The first-order chi connectivity index (χ1) is 21.2. The first kappa shape index (κ1) is 38.2. The zero-order chi connectivity index (χ0) is 34.0. The number of carboxylic acid groups (broad SMARTS) is 2. The lowest BCUT2D eigenvalue weighted by molar-refractivity contribution is -0.155. The maximum atomic E-state index is 12.3. The number of hydrogen-bond donors (Lipinski definition) is 4. The number of nitrogens with zero attached hydrogens (tertiary/aromatic N) is 1. The number of amides is 1. The van der Waals surface area contributed by atoms with E-state index < -0.39 is 29.0 Å². The molecule has 246 valence electrons. The quantitative estimate of drug-likeness (QED) is 0.0868. The highest BCUT2D eigenvalue weighted by atomic mass is 16.5. The summed E-state index contributed by atoms with van der Waals surface area (Å²) in [5, 5.41) is 34.2. The SMILES string of the molecule is C=CC(=O)OCC(C)(C)C(=O)C(=O)N1CCCCC1C.O=C(O)COc1cccc(CCCc2ccc(O)c(O)c2)c1.O=CO. The van der Waals surface area contributed by atoms with Gasteiger partial charge in [0.05, 0.1) is 5.41 Å². The number of ketones is 1. The molecule has 4 N–H and O–H groups in total. The van der Waals surface area contributed by atoms with Crippen molar-refractivity contribution >= 4 is 30.1 Å². The number of piperidine rings is 1. The number of likely N-dealkylation sites (tertiary alicyclic amines) is 1. The van der Waals surface area contributed by atoms with Gasteiger partial charge >= 0.3 is 11.9 Å². The first-order valence-corrected chi connectivity index (χ1v) is 14.4. The Hall–Kier alpha value is -4.87. The zero-order valence-corrected chi connectivity index (χ0v) is 25.9. The van der Waals surface area contributed by atoms with Crippen LogP contribution in [0.25, 0.3) is 0 Å². The van der Waals surface area contributed by atoms with Crippen molar-refractivity contribution in [3.63, 3.8) is 0 Å². The number of phenolic OH excluding ortho intramolecular Hbond substituents is 2. The number of benzene rings is 2. The van der Waals surface area contributed by atoms with Crippen LogP contribution in [-0.4, -0.2) is 81.2 Å². The van der Waals surface area contributed by atoms with Gasteiger partial charge < -0.3 is 34.8 Å². The fourth-order valence-electron chi connectivity index (χ4n) is 4.35. The highest BCUT2D eigenvalue weighted by Crippen LogP contribution is 2.26. The Balaban J connectivity index is 0.000000416. The molecule has 1 aliphatic rings. The molecule has 0 aromatic heterocycles. The molecule has 1 aliphatic heterocycles. The lowest BCUT2D eigenvalue weighted by Gasteiger charge is -2.34. The Morgan fingerprint density at radius 3 is 2.24 bits per heavy atom. The van der Waals surface area contributed by atoms with Crippen molar-refractivity contribution in [2.75, 3.05) is 19.8 Å². The summed E-state index contributed by atoms with van der Waals surface area (Å²) in [6, 6.07) is 12.3. The van der Waals surface area contributed by atoms with Gasteiger partial charge in [0.15, 0.2) is 18.1 Å². The summed E-state index contributed by atoms with van der Waals surface area (Å²) >= 11 is 0. The molecule has 1 amide bonds. The summed E-state index contributed by atoms with van der Waals surface area (Å²) in [6.07, 6.45) is 6.42. The second-order valence-electron chi connectivity index (χ2n) is 11.0. The molecule has 1 unspecified atom stereocenters. The molecule has 0 spiro atoms. The van der Waals surface area contributed by atoms with Crippen LogP contribution in [-0.2, 0) is 41.6 Å². The van der Waals surface area contributed by atoms with Crippen LogP contribution >= 0.6 is 0 Å². The van der Waals surface area contributed by atoms with Gasteiger partial charge in [0.25, 0.3) is 12.4 Å². The van der Waals surface area contributed by atoms with E-state index in [9.17, 15) is 29.4 Å². The molecule has 12 nitrogen and oxygen atoms in total. The second-order valence-corrected chi connectivity index (χ2v) is 11.0. The molecule has 0 radical (unpaired) electrons. The van der Waals surface area contributed by atoms with E-state index in [2.05, 4.69) is 6.58 Å². The molecule has 2 aromatic rings. The van der Waals surface area contributed by atoms with E-state index in [-0.39, 0.29) is 37.2 Å². The Morgan fingerprint density at radius 2 is 1.67 bits per heavy atom. The van der Waals surface area contributed by atoms with Crippen molar-refractivity contribution in [2.45, 2.75) is 65.3 Å². The third kappa shape index (κ3) is 14.0. The smallest absolute Gasteiger partial charge is 0.341 e. The molecule has 2 aromatic carbocycles. The van der Waals surface area contributed by atoms with E-state index in [4.69, 9.17) is 24.5 Å². The Bertz CT molecular complexity index is 1310. The number of carbonyl (C=O) groups is 5. The van der Waals surface area contributed by atoms with Gasteiger partial charge in [-0.2, -0.15) is 0 Å². The molecule has 1 heterocycles. The molecule has 45 heavy (non-hydrogen) atoms. The summed E-state index contributed by atoms with van der Waals surface area (Å²) < 4.78 is 10.0. The number of aryl methyl sites for hydroxylation is 2. The van der Waals surface area contributed by atoms with E-state index in [1.54, 1.807) is 36.9 Å². The van der Waals surface area contributed by atoms with E-state index in [1.165, 1.54) is 6.07 Å². The fraction of sp³-hybridized carbons (Fsp3) is 0.424. The highest BCUT2D eigenvalue weighted by Gasteiger charge is 2.38. The van der Waals surface area contributed by atoms with E-state index in [0.717, 1.165) is 55.7 Å². The van der Waals surface area contributed by atoms with E-state index in [0.29, 0.717) is 12.3 Å². The number of hydrogen-bond acceptors (Lipinski definition) is 9. The number of Topliss-reactive ketones (excluding diaryl/α,β-unsaturated/α-hetero) is 1. The predicted octanol–water partition coefficient (Wildman–Crippen LogP) is 4.15. The third-order valence-electron chi connectivity index (χ3n) is 6.85. The summed E-state index contributed by atoms with van der Waals surface area (Å²) in [7, 11) is 0. The number of aliphatic carboxylic acids is 1. The van der Waals surface area contributed by atoms with Gasteiger partial charge in [-0.1, -0.05) is 24.8 Å². The molecule has 1 fully saturated rings. The van der Waals surface area contributed by atoms with Gasteiger partial charge in [0, 0.05) is 18.7 Å². The lowest BCUT2D eigenvalue weighted by Crippen LogP contribution is -2.49. The summed E-state index contributed by atoms with van der Waals surface area (Å²) in [5.41, 5.74) is 0.992. The largest absolute Gasteiger partial charge is 0.504 e. The van der Waals surface area contributed by atoms with E-state index in [1.807, 2.05) is 25.1 Å². The monoisotopic (exact) mass is 629 g/mol. The number of aromatic hydroxyl groups is 2. The van der Waals surface area contributed by atoms with Crippen LogP contribution in [0.2, 0.25) is 0 Å². The third-order valence-corrected chi connectivity index (χ3v) is 6.85. The number of carbonyl (C=O) groups excluding carboxylic acids is 3. The lowest BCUT2D eigenvalue weighted by atomic mass is 9.87. The fourth-order valence-corrected chi connectivity index (χ4v) is 4.35. The normalized spacial score (nSPS) is 13.9. The standard InChI is InChI=1S/C17H18O5.C15H23NO4.CH2O2/c18-15-8-7-13(10-16(15)19)4-1-3-12-5-2-6-14(9-12)22-11-17(20)21;1-5-12(17)20-10-15(3,4)13(18)14(19)16-9-7-6-8-11(16)2;2-1-3/h2,5-10,18-19H,1,3-4,11H2,(H,20,21);5,11H,1,6-10H2,2-4H3;1H,(H,2,3). The van der Waals surface area contributed by atoms with Gasteiger partial charge in [-0.15, -0.1) is 0 Å². The molecule has 0 bridgehead atoms. The van der Waals surface area contributed by atoms with Crippen molar-refractivity contribution in [1.29, 1.82) is 0 Å². The number of phenols is 2. The number of esters is 1. The Morgan fingerprint density at radius 1 is 1.02 bits per heavy atom. The topological polar surface area (TPSA) is 188 Å². The van der Waals surface area contributed by atoms with Crippen molar-refractivity contribution in [2.24, 2.45) is 5.41 Å². The van der Waals surface area contributed by atoms with Crippen molar-refractivity contribution in [3.05, 3.63) is 66.2 Å². The molecule has 3 rings (SSSR count). The molecule has 0 aliphatic carbocycles. The Kier molecular flexibility index (Phi) is 16.5. The molecule has 12 heteroatoms. The highest BCUT2D eigenvalue weighted by molar-refractivity contribution is 6.38.